The molecular formula is C36H27Br2N3O2. The molecule has 0 unspecified atom stereocenters. The molecular weight excluding hydrogens is 666 g/mol. The number of carbonyl (C=O) groups is 1. The highest BCUT2D eigenvalue weighted by molar-refractivity contribution is 9.10. The molecule has 0 saturated heterocycles. The normalized spacial score (nSPS) is 18.9. The standard InChI is InChI=1S/C36H27Br2N3O2/c37-29-17-9-23(10-18-29)21-28-7-4-8-31-33(28)40-41(34(31)25-15-19-30(38)20-16-25)36(42)27-13-11-26(12-14-27)35-39-22-32(43-35)24-5-2-1-3-6-24/h1-3,5-6,9-22,31,34H,4,7-8H2/b28-21-/t31-,34-/m1/s1. The van der Waals surface area contributed by atoms with Crippen molar-refractivity contribution in [1.29, 1.82) is 0 Å². The number of fused-ring (bicyclic) bond motifs is 1. The Morgan fingerprint density at radius 1 is 0.837 bits per heavy atom. The molecule has 1 aromatic heterocycles. The van der Waals surface area contributed by atoms with Crippen molar-refractivity contribution < 1.29 is 9.21 Å². The van der Waals surface area contributed by atoms with Crippen molar-refractivity contribution in [3.63, 3.8) is 0 Å². The minimum Gasteiger partial charge on any atom is -0.436 e. The Kier molecular flexibility index (Phi) is 7.68. The van der Waals surface area contributed by atoms with Crippen LogP contribution in [0, 0.1) is 5.92 Å². The van der Waals surface area contributed by atoms with Crippen molar-refractivity contribution >= 4 is 49.6 Å². The minimum absolute atomic E-state index is 0.123. The van der Waals surface area contributed by atoms with Crippen molar-refractivity contribution in [3.05, 3.63) is 141 Å². The zero-order valence-corrected chi connectivity index (χ0v) is 26.3. The van der Waals surface area contributed by atoms with E-state index in [1.807, 2.05) is 78.9 Å². The van der Waals surface area contributed by atoms with Crippen LogP contribution >= 0.6 is 31.9 Å². The number of halogens is 2. The summed E-state index contributed by atoms with van der Waals surface area (Å²) in [5.74, 6) is 1.22. The van der Waals surface area contributed by atoms with Crippen molar-refractivity contribution in [2.75, 3.05) is 0 Å². The van der Waals surface area contributed by atoms with Crippen molar-refractivity contribution in [2.24, 2.45) is 11.0 Å². The highest BCUT2D eigenvalue weighted by Gasteiger charge is 2.44. The van der Waals surface area contributed by atoms with Gasteiger partial charge < -0.3 is 4.42 Å². The topological polar surface area (TPSA) is 58.7 Å². The number of carbonyl (C=O) groups excluding carboxylic acids is 1. The Labute approximate surface area is 267 Å². The maximum Gasteiger partial charge on any atom is 0.274 e. The monoisotopic (exact) mass is 691 g/mol. The summed E-state index contributed by atoms with van der Waals surface area (Å²) in [7, 11) is 0. The summed E-state index contributed by atoms with van der Waals surface area (Å²) in [6.07, 6.45) is 6.92. The molecule has 1 saturated carbocycles. The number of nitrogens with zero attached hydrogens (tertiary/aromatic N) is 3. The highest BCUT2D eigenvalue weighted by atomic mass is 79.9. The average Bonchev–Trinajstić information content (AvgIpc) is 3.69. The van der Waals surface area contributed by atoms with E-state index >= 15 is 0 Å². The molecule has 7 heteroatoms. The molecule has 43 heavy (non-hydrogen) atoms. The van der Waals surface area contributed by atoms with Crippen LogP contribution in [0.15, 0.2) is 133 Å². The summed E-state index contributed by atoms with van der Waals surface area (Å²) in [6, 6.07) is 33.7. The molecule has 2 atom stereocenters. The quantitative estimate of drug-likeness (QED) is 0.184. The number of hydrazone groups is 1. The maximum absolute atomic E-state index is 14.1. The van der Waals surface area contributed by atoms with E-state index in [1.165, 1.54) is 5.57 Å². The number of allylic oxidation sites excluding steroid dienone is 1. The van der Waals surface area contributed by atoms with Crippen molar-refractivity contribution in [1.82, 2.24) is 9.99 Å². The van der Waals surface area contributed by atoms with Crippen molar-refractivity contribution in [2.45, 2.75) is 25.3 Å². The number of amides is 1. The predicted molar refractivity (Wildman–Crippen MR) is 177 cm³/mol. The van der Waals surface area contributed by atoms with Gasteiger partial charge in [0.15, 0.2) is 5.76 Å². The third-order valence-corrected chi connectivity index (χ3v) is 9.13. The van der Waals surface area contributed by atoms with E-state index in [4.69, 9.17) is 9.52 Å². The summed E-state index contributed by atoms with van der Waals surface area (Å²) >= 11 is 7.09. The van der Waals surface area contributed by atoms with Crippen LogP contribution < -0.4 is 0 Å². The van der Waals surface area contributed by atoms with Gasteiger partial charge in [-0.1, -0.05) is 86.5 Å². The fraction of sp³-hybridized carbons (Fsp3) is 0.139. The number of oxazole rings is 1. The summed E-state index contributed by atoms with van der Waals surface area (Å²) in [5.41, 5.74) is 6.77. The van der Waals surface area contributed by atoms with Gasteiger partial charge in [-0.3, -0.25) is 4.79 Å². The van der Waals surface area contributed by atoms with E-state index < -0.39 is 0 Å². The lowest BCUT2D eigenvalue weighted by atomic mass is 9.77. The Morgan fingerprint density at radius 2 is 1.53 bits per heavy atom. The van der Waals surface area contributed by atoms with E-state index in [1.54, 1.807) is 11.2 Å². The fourth-order valence-electron chi connectivity index (χ4n) is 5.95. The maximum atomic E-state index is 14.1. The van der Waals surface area contributed by atoms with Gasteiger partial charge in [0.2, 0.25) is 5.89 Å². The summed E-state index contributed by atoms with van der Waals surface area (Å²) in [5, 5.41) is 6.77. The van der Waals surface area contributed by atoms with Crippen LogP contribution in [0.1, 0.15) is 46.8 Å². The SMILES string of the molecule is O=C(c1ccc(-c2ncc(-c3ccccc3)o2)cc1)N1N=C2/C(=C\c3ccc(Br)cc3)CCC[C@H]2[C@H]1c1ccc(Br)cc1. The second-order valence-electron chi connectivity index (χ2n) is 10.8. The van der Waals surface area contributed by atoms with Gasteiger partial charge in [0.1, 0.15) is 0 Å². The van der Waals surface area contributed by atoms with Gasteiger partial charge in [-0.25, -0.2) is 9.99 Å². The average molecular weight is 693 g/mol. The first-order valence-electron chi connectivity index (χ1n) is 14.3. The molecule has 2 aliphatic rings. The Balaban J connectivity index is 1.21. The highest BCUT2D eigenvalue weighted by Crippen LogP contribution is 2.45. The molecule has 0 bridgehead atoms. The summed E-state index contributed by atoms with van der Waals surface area (Å²) < 4.78 is 8.08. The van der Waals surface area contributed by atoms with E-state index in [-0.39, 0.29) is 17.9 Å². The summed E-state index contributed by atoms with van der Waals surface area (Å²) in [6.45, 7) is 0. The fourth-order valence-corrected chi connectivity index (χ4v) is 6.48. The molecule has 7 rings (SSSR count). The lowest BCUT2D eigenvalue weighted by Crippen LogP contribution is -2.31. The van der Waals surface area contributed by atoms with Crippen LogP contribution in [0.3, 0.4) is 0 Å². The second kappa shape index (κ2) is 11.9. The summed E-state index contributed by atoms with van der Waals surface area (Å²) in [4.78, 5) is 18.6. The zero-order valence-electron chi connectivity index (χ0n) is 23.2. The molecule has 5 aromatic rings. The lowest BCUT2D eigenvalue weighted by molar-refractivity contribution is 0.0681. The first-order valence-corrected chi connectivity index (χ1v) is 15.9. The minimum atomic E-state index is -0.177. The number of rotatable bonds is 5. The first kappa shape index (κ1) is 27.7. The zero-order chi connectivity index (χ0) is 29.3. The van der Waals surface area contributed by atoms with E-state index in [0.29, 0.717) is 17.2 Å². The lowest BCUT2D eigenvalue weighted by Gasteiger charge is -2.29. The molecule has 1 aliphatic heterocycles. The number of hydrogen-bond acceptors (Lipinski definition) is 4. The third-order valence-electron chi connectivity index (χ3n) is 8.07. The van der Waals surface area contributed by atoms with Crippen LogP contribution in [0.5, 0.6) is 0 Å². The number of hydrogen-bond donors (Lipinski definition) is 0. The smallest absolute Gasteiger partial charge is 0.274 e. The molecule has 2 heterocycles. The van der Waals surface area contributed by atoms with Gasteiger partial charge in [0.25, 0.3) is 5.91 Å². The molecule has 1 amide bonds. The Bertz CT molecular complexity index is 1830. The van der Waals surface area contributed by atoms with Crippen LogP contribution in [0.4, 0.5) is 0 Å². The Hall–Kier alpha value is -4.07. The molecule has 5 nitrogen and oxygen atoms in total. The van der Waals surface area contributed by atoms with Crippen molar-refractivity contribution in [3.8, 4) is 22.8 Å². The van der Waals surface area contributed by atoms with E-state index in [0.717, 1.165) is 56.2 Å². The first-order chi connectivity index (χ1) is 21.0. The van der Waals surface area contributed by atoms with E-state index in [2.05, 4.69) is 67.2 Å². The van der Waals surface area contributed by atoms with Gasteiger partial charge in [0, 0.05) is 31.6 Å². The van der Waals surface area contributed by atoms with E-state index in [9.17, 15) is 4.79 Å². The van der Waals surface area contributed by atoms with Crippen LogP contribution in [-0.4, -0.2) is 21.6 Å². The van der Waals surface area contributed by atoms with Gasteiger partial charge in [0.05, 0.1) is 18.0 Å². The molecule has 212 valence electrons. The molecule has 0 N–H and O–H groups in total. The molecule has 0 spiro atoms. The Morgan fingerprint density at radius 3 is 2.26 bits per heavy atom. The van der Waals surface area contributed by atoms with Gasteiger partial charge in [-0.2, -0.15) is 5.10 Å². The molecule has 1 aliphatic carbocycles. The van der Waals surface area contributed by atoms with Crippen LogP contribution in [0.25, 0.3) is 28.9 Å². The largest absolute Gasteiger partial charge is 0.436 e. The number of benzene rings is 4. The second-order valence-corrected chi connectivity index (χ2v) is 12.7. The molecule has 0 radical (unpaired) electrons. The number of aromatic nitrogens is 1. The van der Waals surface area contributed by atoms with Crippen LogP contribution in [-0.2, 0) is 0 Å². The van der Waals surface area contributed by atoms with Crippen LogP contribution in [0.2, 0.25) is 0 Å². The third kappa shape index (κ3) is 5.67. The van der Waals surface area contributed by atoms with Gasteiger partial charge in [-0.15, -0.1) is 0 Å². The van der Waals surface area contributed by atoms with Gasteiger partial charge in [-0.05, 0) is 90.6 Å². The molecule has 4 aromatic carbocycles. The van der Waals surface area contributed by atoms with Gasteiger partial charge >= 0.3 is 0 Å². The predicted octanol–water partition coefficient (Wildman–Crippen LogP) is 9.97. The molecule has 1 fully saturated rings.